The number of H-pyrrole nitrogens is 2. The minimum atomic E-state index is -0.163. The van der Waals surface area contributed by atoms with E-state index in [9.17, 15) is 4.79 Å². The molecule has 0 saturated carbocycles. The van der Waals surface area contributed by atoms with Crippen LogP contribution in [0.1, 0.15) is 25.3 Å². The third-order valence-electron chi connectivity index (χ3n) is 3.41. The van der Waals surface area contributed by atoms with Crippen molar-refractivity contribution in [2.45, 2.75) is 19.8 Å². The van der Waals surface area contributed by atoms with Crippen LogP contribution in [0.5, 0.6) is 0 Å². The standard InChI is InChI=1S/C16H16N2O/c1-10(2)12-5-3-4-6-13(12)11-7-8-14-15(9-11)18-16(19)17-14/h3-10H,1-2H3,(H2,17,18,19). The SMILES string of the molecule is CC(C)c1ccccc1-c1ccc2[nH]c(=O)[nH]c2c1. The van der Waals surface area contributed by atoms with Gasteiger partial charge in [0.25, 0.3) is 0 Å². The minimum Gasteiger partial charge on any atom is -0.306 e. The molecule has 96 valence electrons. The molecule has 0 atom stereocenters. The van der Waals surface area contributed by atoms with Gasteiger partial charge in [0.15, 0.2) is 0 Å². The summed E-state index contributed by atoms with van der Waals surface area (Å²) in [6.45, 7) is 4.38. The zero-order chi connectivity index (χ0) is 13.4. The van der Waals surface area contributed by atoms with E-state index in [2.05, 4.69) is 42.0 Å². The molecule has 0 saturated heterocycles. The van der Waals surface area contributed by atoms with E-state index in [1.165, 1.54) is 11.1 Å². The highest BCUT2D eigenvalue weighted by Crippen LogP contribution is 2.30. The molecule has 2 N–H and O–H groups in total. The number of benzene rings is 2. The summed E-state index contributed by atoms with van der Waals surface area (Å²) in [5, 5.41) is 0. The van der Waals surface area contributed by atoms with E-state index in [0.29, 0.717) is 5.92 Å². The predicted octanol–water partition coefficient (Wildman–Crippen LogP) is 3.65. The molecule has 3 heteroatoms. The van der Waals surface area contributed by atoms with Crippen molar-refractivity contribution in [3.8, 4) is 11.1 Å². The van der Waals surface area contributed by atoms with Gasteiger partial charge < -0.3 is 9.97 Å². The lowest BCUT2D eigenvalue weighted by Crippen LogP contribution is -1.99. The number of imidazole rings is 1. The van der Waals surface area contributed by atoms with Gasteiger partial charge >= 0.3 is 5.69 Å². The Labute approximate surface area is 111 Å². The molecule has 2 aromatic carbocycles. The summed E-state index contributed by atoms with van der Waals surface area (Å²) >= 11 is 0. The van der Waals surface area contributed by atoms with E-state index in [1.54, 1.807) is 0 Å². The van der Waals surface area contributed by atoms with Crippen molar-refractivity contribution >= 4 is 11.0 Å². The summed E-state index contributed by atoms with van der Waals surface area (Å²) in [7, 11) is 0. The fourth-order valence-corrected chi connectivity index (χ4v) is 2.46. The quantitative estimate of drug-likeness (QED) is 0.718. The van der Waals surface area contributed by atoms with E-state index in [4.69, 9.17) is 0 Å². The first-order valence-corrected chi connectivity index (χ1v) is 6.46. The third kappa shape index (κ3) is 2.08. The van der Waals surface area contributed by atoms with Crippen LogP contribution >= 0.6 is 0 Å². The Bertz CT molecular complexity index is 781. The average molecular weight is 252 g/mol. The fraction of sp³-hybridized carbons (Fsp3) is 0.188. The topological polar surface area (TPSA) is 48.6 Å². The molecule has 0 bridgehead atoms. The van der Waals surface area contributed by atoms with Gasteiger partial charge in [0.2, 0.25) is 0 Å². The number of rotatable bonds is 2. The predicted molar refractivity (Wildman–Crippen MR) is 78.4 cm³/mol. The van der Waals surface area contributed by atoms with Gasteiger partial charge in [0.05, 0.1) is 11.0 Å². The zero-order valence-corrected chi connectivity index (χ0v) is 11.0. The van der Waals surface area contributed by atoms with Crippen LogP contribution in [0, 0.1) is 0 Å². The van der Waals surface area contributed by atoms with E-state index in [0.717, 1.165) is 16.6 Å². The van der Waals surface area contributed by atoms with Gasteiger partial charge in [0.1, 0.15) is 0 Å². The van der Waals surface area contributed by atoms with E-state index in [1.807, 2.05) is 24.3 Å². The van der Waals surface area contributed by atoms with Crippen molar-refractivity contribution in [1.29, 1.82) is 0 Å². The van der Waals surface area contributed by atoms with Crippen molar-refractivity contribution in [2.24, 2.45) is 0 Å². The maximum absolute atomic E-state index is 11.3. The largest absolute Gasteiger partial charge is 0.323 e. The zero-order valence-electron chi connectivity index (χ0n) is 11.0. The summed E-state index contributed by atoms with van der Waals surface area (Å²) in [6, 6.07) is 14.4. The minimum absolute atomic E-state index is 0.163. The van der Waals surface area contributed by atoms with Crippen LogP contribution in [0.4, 0.5) is 0 Å². The third-order valence-corrected chi connectivity index (χ3v) is 3.41. The second-order valence-electron chi connectivity index (χ2n) is 5.08. The molecule has 0 aliphatic carbocycles. The van der Waals surface area contributed by atoms with Gasteiger partial charge in [-0.1, -0.05) is 44.2 Å². The van der Waals surface area contributed by atoms with E-state index in [-0.39, 0.29) is 5.69 Å². The van der Waals surface area contributed by atoms with Crippen LogP contribution < -0.4 is 5.69 Å². The van der Waals surface area contributed by atoms with Crippen molar-refractivity contribution < 1.29 is 0 Å². The van der Waals surface area contributed by atoms with Crippen LogP contribution in [-0.4, -0.2) is 9.97 Å². The van der Waals surface area contributed by atoms with Crippen LogP contribution in [0.25, 0.3) is 22.2 Å². The van der Waals surface area contributed by atoms with E-state index >= 15 is 0 Å². The highest BCUT2D eigenvalue weighted by molar-refractivity contribution is 5.82. The van der Waals surface area contributed by atoms with Crippen LogP contribution in [0.15, 0.2) is 47.3 Å². The fourth-order valence-electron chi connectivity index (χ4n) is 2.46. The maximum atomic E-state index is 11.3. The van der Waals surface area contributed by atoms with Gasteiger partial charge in [-0.15, -0.1) is 0 Å². The molecule has 0 unspecified atom stereocenters. The maximum Gasteiger partial charge on any atom is 0.323 e. The molecule has 0 aliphatic rings. The molecule has 0 spiro atoms. The Kier molecular flexibility index (Phi) is 2.75. The first-order chi connectivity index (χ1) is 9.15. The Hall–Kier alpha value is -2.29. The molecule has 3 rings (SSSR count). The molecule has 3 aromatic rings. The van der Waals surface area contributed by atoms with Crippen LogP contribution in [-0.2, 0) is 0 Å². The molecule has 0 aliphatic heterocycles. The van der Waals surface area contributed by atoms with Gasteiger partial charge in [-0.25, -0.2) is 4.79 Å². The number of aromatic nitrogens is 2. The first kappa shape index (κ1) is 11.8. The Morgan fingerprint density at radius 2 is 1.68 bits per heavy atom. The van der Waals surface area contributed by atoms with Crippen LogP contribution in [0.3, 0.4) is 0 Å². The number of aromatic amines is 2. The van der Waals surface area contributed by atoms with Gasteiger partial charge in [-0.05, 0) is 34.7 Å². The lowest BCUT2D eigenvalue weighted by atomic mass is 9.92. The molecule has 0 amide bonds. The van der Waals surface area contributed by atoms with Gasteiger partial charge in [-0.3, -0.25) is 0 Å². The molecule has 1 aromatic heterocycles. The lowest BCUT2D eigenvalue weighted by Gasteiger charge is -2.12. The first-order valence-electron chi connectivity index (χ1n) is 6.46. The number of hydrogen-bond donors (Lipinski definition) is 2. The summed E-state index contributed by atoms with van der Waals surface area (Å²) < 4.78 is 0. The molecular weight excluding hydrogens is 236 g/mol. The normalized spacial score (nSPS) is 11.3. The highest BCUT2D eigenvalue weighted by atomic mass is 16.1. The Morgan fingerprint density at radius 3 is 2.47 bits per heavy atom. The van der Waals surface area contributed by atoms with Crippen molar-refractivity contribution in [3.63, 3.8) is 0 Å². The Balaban J connectivity index is 2.21. The summed E-state index contributed by atoms with van der Waals surface area (Å²) in [6.07, 6.45) is 0. The molecule has 0 fully saturated rings. The molecule has 0 radical (unpaired) electrons. The molecule has 1 heterocycles. The van der Waals surface area contributed by atoms with Crippen molar-refractivity contribution in [2.75, 3.05) is 0 Å². The second-order valence-corrected chi connectivity index (χ2v) is 5.08. The number of nitrogens with one attached hydrogen (secondary N) is 2. The summed E-state index contributed by atoms with van der Waals surface area (Å²) in [5.74, 6) is 0.470. The molecule has 19 heavy (non-hydrogen) atoms. The lowest BCUT2D eigenvalue weighted by molar-refractivity contribution is 0.869. The monoisotopic (exact) mass is 252 g/mol. The van der Waals surface area contributed by atoms with Crippen molar-refractivity contribution in [1.82, 2.24) is 9.97 Å². The van der Waals surface area contributed by atoms with Gasteiger partial charge in [0, 0.05) is 0 Å². The smallest absolute Gasteiger partial charge is 0.306 e. The summed E-state index contributed by atoms with van der Waals surface area (Å²) in [5.41, 5.74) is 5.20. The summed E-state index contributed by atoms with van der Waals surface area (Å²) in [4.78, 5) is 16.9. The molecular formula is C16H16N2O. The van der Waals surface area contributed by atoms with E-state index < -0.39 is 0 Å². The van der Waals surface area contributed by atoms with Crippen LogP contribution in [0.2, 0.25) is 0 Å². The average Bonchev–Trinajstić information content (AvgIpc) is 2.77. The second kappa shape index (κ2) is 4.43. The Morgan fingerprint density at radius 1 is 0.947 bits per heavy atom. The van der Waals surface area contributed by atoms with Gasteiger partial charge in [-0.2, -0.15) is 0 Å². The number of hydrogen-bond acceptors (Lipinski definition) is 1. The number of fused-ring (bicyclic) bond motifs is 1. The highest BCUT2D eigenvalue weighted by Gasteiger charge is 2.09. The van der Waals surface area contributed by atoms with Crippen molar-refractivity contribution in [3.05, 3.63) is 58.5 Å². The molecule has 3 nitrogen and oxygen atoms in total.